The van der Waals surface area contributed by atoms with Crippen LogP contribution in [0.2, 0.25) is 0 Å². The molecule has 0 saturated heterocycles. The summed E-state index contributed by atoms with van der Waals surface area (Å²) in [5.74, 6) is -0.277. The van der Waals surface area contributed by atoms with Crippen molar-refractivity contribution in [3.63, 3.8) is 0 Å². The molecule has 5 nitrogen and oxygen atoms in total. The standard InChI is InChI=1S/C15H14N2O3/c18-14-5-4-11(9-20-14)15(19)17-13-3-1-2-10-8-16-7-6-12(10)13/h1-5,9,16H,6-8H2,(H,17,19). The van der Waals surface area contributed by atoms with Gasteiger partial charge in [0.25, 0.3) is 5.91 Å². The molecule has 3 rings (SSSR count). The molecule has 2 N–H and O–H groups in total. The molecule has 1 amide bonds. The normalized spacial score (nSPS) is 13.6. The lowest BCUT2D eigenvalue weighted by molar-refractivity contribution is 0.102. The van der Waals surface area contributed by atoms with Crippen LogP contribution in [0.4, 0.5) is 5.69 Å². The van der Waals surface area contributed by atoms with E-state index in [1.807, 2.05) is 12.1 Å². The zero-order valence-corrected chi connectivity index (χ0v) is 10.8. The molecule has 1 aliphatic rings. The Hall–Kier alpha value is -2.40. The van der Waals surface area contributed by atoms with E-state index in [1.165, 1.54) is 24.0 Å². The Balaban J connectivity index is 1.86. The molecule has 0 unspecified atom stereocenters. The smallest absolute Gasteiger partial charge is 0.335 e. The van der Waals surface area contributed by atoms with Gasteiger partial charge in [0.05, 0.1) is 5.56 Å². The zero-order chi connectivity index (χ0) is 13.9. The highest BCUT2D eigenvalue weighted by atomic mass is 16.4. The molecular weight excluding hydrogens is 256 g/mol. The Morgan fingerprint density at radius 3 is 2.95 bits per heavy atom. The van der Waals surface area contributed by atoms with Crippen LogP contribution in [0.25, 0.3) is 0 Å². The minimum Gasteiger partial charge on any atom is -0.430 e. The molecule has 0 aliphatic carbocycles. The third-order valence-electron chi connectivity index (χ3n) is 3.35. The van der Waals surface area contributed by atoms with E-state index in [4.69, 9.17) is 4.42 Å². The molecule has 0 bridgehead atoms. The van der Waals surface area contributed by atoms with Crippen molar-refractivity contribution in [2.75, 3.05) is 11.9 Å². The van der Waals surface area contributed by atoms with Crippen LogP contribution in [0.3, 0.4) is 0 Å². The van der Waals surface area contributed by atoms with Crippen molar-refractivity contribution in [1.82, 2.24) is 5.32 Å². The van der Waals surface area contributed by atoms with E-state index in [0.717, 1.165) is 30.8 Å². The summed E-state index contributed by atoms with van der Waals surface area (Å²) >= 11 is 0. The maximum Gasteiger partial charge on any atom is 0.335 e. The first-order valence-electron chi connectivity index (χ1n) is 6.46. The Labute approximate surface area is 115 Å². The number of benzene rings is 1. The third-order valence-corrected chi connectivity index (χ3v) is 3.35. The fraction of sp³-hybridized carbons (Fsp3) is 0.200. The number of carbonyl (C=O) groups is 1. The minimum absolute atomic E-state index is 0.277. The van der Waals surface area contributed by atoms with E-state index in [0.29, 0.717) is 5.56 Å². The van der Waals surface area contributed by atoms with Gasteiger partial charge in [-0.2, -0.15) is 0 Å². The first-order valence-corrected chi connectivity index (χ1v) is 6.46. The molecule has 2 aromatic rings. The monoisotopic (exact) mass is 270 g/mol. The average molecular weight is 270 g/mol. The minimum atomic E-state index is -0.468. The zero-order valence-electron chi connectivity index (χ0n) is 10.8. The highest BCUT2D eigenvalue weighted by Crippen LogP contribution is 2.23. The van der Waals surface area contributed by atoms with Gasteiger partial charge in [0.2, 0.25) is 0 Å². The highest BCUT2D eigenvalue weighted by Gasteiger charge is 2.15. The molecular formula is C15H14N2O3. The van der Waals surface area contributed by atoms with Crippen LogP contribution in [-0.2, 0) is 13.0 Å². The predicted octanol–water partition coefficient (Wildman–Crippen LogP) is 1.54. The third kappa shape index (κ3) is 2.48. The summed E-state index contributed by atoms with van der Waals surface area (Å²) < 4.78 is 4.70. The quantitative estimate of drug-likeness (QED) is 0.868. The topological polar surface area (TPSA) is 71.3 Å². The van der Waals surface area contributed by atoms with Crippen LogP contribution < -0.4 is 16.3 Å². The molecule has 5 heteroatoms. The molecule has 1 aromatic carbocycles. The number of amides is 1. The van der Waals surface area contributed by atoms with Crippen molar-refractivity contribution in [2.24, 2.45) is 0 Å². The van der Waals surface area contributed by atoms with Gasteiger partial charge in [-0.3, -0.25) is 4.79 Å². The molecule has 102 valence electrons. The van der Waals surface area contributed by atoms with E-state index < -0.39 is 5.63 Å². The number of hydrogen-bond donors (Lipinski definition) is 2. The molecule has 1 aromatic heterocycles. The van der Waals surface area contributed by atoms with Crippen LogP contribution in [0.15, 0.2) is 45.8 Å². The van der Waals surface area contributed by atoms with Crippen LogP contribution in [0, 0.1) is 0 Å². The van der Waals surface area contributed by atoms with E-state index in [1.54, 1.807) is 0 Å². The SMILES string of the molecule is O=C(Nc1cccc2c1CCNC2)c1ccc(=O)oc1. The van der Waals surface area contributed by atoms with Crippen molar-refractivity contribution in [3.05, 3.63) is 63.7 Å². The first kappa shape index (κ1) is 12.6. The summed E-state index contributed by atoms with van der Waals surface area (Å²) in [5, 5.41) is 6.17. The number of rotatable bonds is 2. The average Bonchev–Trinajstić information content (AvgIpc) is 2.48. The van der Waals surface area contributed by atoms with Gasteiger partial charge in [0.15, 0.2) is 0 Å². The van der Waals surface area contributed by atoms with Crippen LogP contribution in [-0.4, -0.2) is 12.5 Å². The Kier molecular flexibility index (Phi) is 3.35. The predicted molar refractivity (Wildman–Crippen MR) is 74.8 cm³/mol. The van der Waals surface area contributed by atoms with Crippen molar-refractivity contribution < 1.29 is 9.21 Å². The molecule has 2 heterocycles. The molecule has 0 radical (unpaired) electrons. The van der Waals surface area contributed by atoms with Gasteiger partial charge >= 0.3 is 5.63 Å². The largest absolute Gasteiger partial charge is 0.430 e. The van der Waals surface area contributed by atoms with Gasteiger partial charge in [0.1, 0.15) is 6.26 Å². The number of anilines is 1. The second-order valence-electron chi connectivity index (χ2n) is 4.67. The lowest BCUT2D eigenvalue weighted by Crippen LogP contribution is -2.25. The lowest BCUT2D eigenvalue weighted by Gasteiger charge is -2.20. The van der Waals surface area contributed by atoms with Gasteiger partial charge in [0, 0.05) is 18.3 Å². The number of fused-ring (bicyclic) bond motifs is 1. The number of carbonyl (C=O) groups excluding carboxylic acids is 1. The Bertz CT molecular complexity index is 686. The van der Waals surface area contributed by atoms with Crippen LogP contribution >= 0.6 is 0 Å². The van der Waals surface area contributed by atoms with Gasteiger partial charge in [-0.05, 0) is 36.2 Å². The molecule has 20 heavy (non-hydrogen) atoms. The molecule has 1 aliphatic heterocycles. The molecule has 0 saturated carbocycles. The van der Waals surface area contributed by atoms with E-state index in [-0.39, 0.29) is 5.91 Å². The fourth-order valence-electron chi connectivity index (χ4n) is 2.33. The van der Waals surface area contributed by atoms with Gasteiger partial charge in [-0.25, -0.2) is 4.79 Å². The lowest BCUT2D eigenvalue weighted by atomic mass is 9.99. The van der Waals surface area contributed by atoms with Crippen molar-refractivity contribution in [2.45, 2.75) is 13.0 Å². The highest BCUT2D eigenvalue weighted by molar-refractivity contribution is 6.04. The van der Waals surface area contributed by atoms with E-state index >= 15 is 0 Å². The summed E-state index contributed by atoms with van der Waals surface area (Å²) in [6, 6.07) is 8.56. The van der Waals surface area contributed by atoms with Crippen LogP contribution in [0.1, 0.15) is 21.5 Å². The maximum atomic E-state index is 12.1. The summed E-state index contributed by atoms with van der Waals surface area (Å²) in [5.41, 5.74) is 3.05. The second-order valence-corrected chi connectivity index (χ2v) is 4.67. The summed E-state index contributed by atoms with van der Waals surface area (Å²) in [6.45, 7) is 1.72. The van der Waals surface area contributed by atoms with Crippen molar-refractivity contribution in [1.29, 1.82) is 0 Å². The van der Waals surface area contributed by atoms with Gasteiger partial charge < -0.3 is 15.1 Å². The maximum absolute atomic E-state index is 12.1. The van der Waals surface area contributed by atoms with E-state index in [2.05, 4.69) is 16.7 Å². The summed E-state index contributed by atoms with van der Waals surface area (Å²) in [7, 11) is 0. The van der Waals surface area contributed by atoms with Gasteiger partial charge in [-0.15, -0.1) is 0 Å². The number of nitrogens with one attached hydrogen (secondary N) is 2. The first-order chi connectivity index (χ1) is 9.74. The molecule has 0 atom stereocenters. The number of hydrogen-bond acceptors (Lipinski definition) is 4. The molecule has 0 spiro atoms. The van der Waals surface area contributed by atoms with Crippen molar-refractivity contribution in [3.8, 4) is 0 Å². The fourth-order valence-corrected chi connectivity index (χ4v) is 2.33. The summed E-state index contributed by atoms with van der Waals surface area (Å²) in [4.78, 5) is 23.0. The van der Waals surface area contributed by atoms with Gasteiger partial charge in [-0.1, -0.05) is 12.1 Å². The Morgan fingerprint density at radius 1 is 1.25 bits per heavy atom. The second kappa shape index (κ2) is 5.30. The summed E-state index contributed by atoms with van der Waals surface area (Å²) in [6.07, 6.45) is 2.06. The van der Waals surface area contributed by atoms with Crippen molar-refractivity contribution >= 4 is 11.6 Å². The molecule has 0 fully saturated rings. The van der Waals surface area contributed by atoms with E-state index in [9.17, 15) is 9.59 Å². The van der Waals surface area contributed by atoms with Crippen LogP contribution in [0.5, 0.6) is 0 Å². The Morgan fingerprint density at radius 2 is 2.15 bits per heavy atom.